The molecular formula is C15H13BrFNO2. The van der Waals surface area contributed by atoms with Crippen LogP contribution in [0.5, 0.6) is 0 Å². The molecule has 104 valence electrons. The molecule has 2 aromatic carbocycles. The van der Waals surface area contributed by atoms with Crippen molar-refractivity contribution in [2.24, 2.45) is 0 Å². The molecule has 0 atom stereocenters. The number of hydrogen-bond donors (Lipinski definition) is 1. The molecule has 0 aliphatic heterocycles. The van der Waals surface area contributed by atoms with Gasteiger partial charge in [0, 0.05) is 10.2 Å². The summed E-state index contributed by atoms with van der Waals surface area (Å²) in [7, 11) is 0. The number of ether oxygens (including phenoxy) is 1. The molecule has 0 unspecified atom stereocenters. The molecule has 0 spiro atoms. The van der Waals surface area contributed by atoms with Crippen LogP contribution in [0.1, 0.15) is 21.5 Å². The Labute approximate surface area is 124 Å². The fourth-order valence-corrected chi connectivity index (χ4v) is 2.24. The van der Waals surface area contributed by atoms with Crippen LogP contribution in [0.3, 0.4) is 0 Å². The highest BCUT2D eigenvalue weighted by Gasteiger charge is 2.09. The lowest BCUT2D eigenvalue weighted by molar-refractivity contribution is 0.0472. The van der Waals surface area contributed by atoms with Gasteiger partial charge in [-0.2, -0.15) is 0 Å². The molecule has 0 fully saturated rings. The molecule has 0 radical (unpaired) electrons. The van der Waals surface area contributed by atoms with Gasteiger partial charge in [-0.25, -0.2) is 9.18 Å². The molecule has 0 aliphatic rings. The van der Waals surface area contributed by atoms with Gasteiger partial charge in [-0.05, 0) is 54.4 Å². The Balaban J connectivity index is 2.06. The Morgan fingerprint density at radius 1 is 1.30 bits per heavy atom. The summed E-state index contributed by atoms with van der Waals surface area (Å²) < 4.78 is 18.9. The van der Waals surface area contributed by atoms with E-state index >= 15 is 0 Å². The van der Waals surface area contributed by atoms with Gasteiger partial charge < -0.3 is 10.5 Å². The molecule has 0 heterocycles. The van der Waals surface area contributed by atoms with Crippen molar-refractivity contribution in [2.75, 3.05) is 5.73 Å². The summed E-state index contributed by atoms with van der Waals surface area (Å²) >= 11 is 3.19. The summed E-state index contributed by atoms with van der Waals surface area (Å²) in [4.78, 5) is 11.9. The fourth-order valence-electron chi connectivity index (χ4n) is 1.73. The van der Waals surface area contributed by atoms with E-state index in [1.807, 2.05) is 6.92 Å². The van der Waals surface area contributed by atoms with Gasteiger partial charge in [-0.3, -0.25) is 0 Å². The number of aryl methyl sites for hydroxylation is 1. The van der Waals surface area contributed by atoms with E-state index in [4.69, 9.17) is 10.5 Å². The van der Waals surface area contributed by atoms with E-state index in [9.17, 15) is 9.18 Å². The van der Waals surface area contributed by atoms with Gasteiger partial charge in [-0.1, -0.05) is 15.9 Å². The zero-order valence-corrected chi connectivity index (χ0v) is 12.4. The number of benzene rings is 2. The van der Waals surface area contributed by atoms with Crippen molar-refractivity contribution < 1.29 is 13.9 Å². The monoisotopic (exact) mass is 337 g/mol. The predicted molar refractivity (Wildman–Crippen MR) is 78.8 cm³/mol. The van der Waals surface area contributed by atoms with Crippen LogP contribution >= 0.6 is 15.9 Å². The molecule has 3 nitrogen and oxygen atoms in total. The van der Waals surface area contributed by atoms with E-state index in [0.717, 1.165) is 5.56 Å². The first-order valence-corrected chi connectivity index (χ1v) is 6.73. The van der Waals surface area contributed by atoms with Gasteiger partial charge in [0.25, 0.3) is 0 Å². The molecule has 0 amide bonds. The smallest absolute Gasteiger partial charge is 0.338 e. The van der Waals surface area contributed by atoms with Crippen molar-refractivity contribution in [2.45, 2.75) is 13.5 Å². The summed E-state index contributed by atoms with van der Waals surface area (Å²) in [6, 6.07) is 9.29. The molecule has 0 saturated carbocycles. The Bertz CT molecular complexity index is 638. The standard InChI is InChI=1S/C15H13BrFNO2/c1-9-4-11(2-3-14(9)18)15(19)20-8-10-5-12(16)7-13(17)6-10/h2-7H,8,18H2,1H3. The SMILES string of the molecule is Cc1cc(C(=O)OCc2cc(F)cc(Br)c2)ccc1N. The van der Waals surface area contributed by atoms with Crippen LogP contribution in [0.4, 0.5) is 10.1 Å². The fraction of sp³-hybridized carbons (Fsp3) is 0.133. The maximum Gasteiger partial charge on any atom is 0.338 e. The minimum absolute atomic E-state index is 0.0125. The lowest BCUT2D eigenvalue weighted by atomic mass is 10.1. The zero-order chi connectivity index (χ0) is 14.7. The van der Waals surface area contributed by atoms with E-state index < -0.39 is 5.97 Å². The minimum atomic E-state index is -0.464. The number of anilines is 1. The Morgan fingerprint density at radius 3 is 2.70 bits per heavy atom. The highest BCUT2D eigenvalue weighted by Crippen LogP contribution is 2.17. The maximum atomic E-state index is 13.2. The third kappa shape index (κ3) is 3.57. The van der Waals surface area contributed by atoms with Crippen LogP contribution in [0.2, 0.25) is 0 Å². The van der Waals surface area contributed by atoms with Gasteiger partial charge in [-0.15, -0.1) is 0 Å². The second-order valence-corrected chi connectivity index (χ2v) is 5.34. The predicted octanol–water partition coefficient (Wildman–Crippen LogP) is 3.84. The number of hydrogen-bond acceptors (Lipinski definition) is 3. The number of nitrogens with two attached hydrogens (primary N) is 1. The second kappa shape index (κ2) is 6.05. The topological polar surface area (TPSA) is 52.3 Å². The molecule has 0 saturated heterocycles. The molecule has 2 rings (SSSR count). The first-order valence-electron chi connectivity index (χ1n) is 5.94. The third-order valence-electron chi connectivity index (χ3n) is 2.80. The Kier molecular flexibility index (Phi) is 4.39. The van der Waals surface area contributed by atoms with Crippen LogP contribution in [0.25, 0.3) is 0 Å². The second-order valence-electron chi connectivity index (χ2n) is 4.43. The van der Waals surface area contributed by atoms with E-state index in [1.165, 1.54) is 12.1 Å². The van der Waals surface area contributed by atoms with Crippen molar-refractivity contribution in [1.82, 2.24) is 0 Å². The normalized spacial score (nSPS) is 10.3. The van der Waals surface area contributed by atoms with Crippen molar-refractivity contribution >= 4 is 27.6 Å². The van der Waals surface area contributed by atoms with Crippen molar-refractivity contribution in [3.8, 4) is 0 Å². The first kappa shape index (κ1) is 14.5. The molecule has 0 bridgehead atoms. The lowest BCUT2D eigenvalue weighted by Gasteiger charge is -2.07. The van der Waals surface area contributed by atoms with Crippen molar-refractivity contribution in [1.29, 1.82) is 0 Å². The average Bonchev–Trinajstić information content (AvgIpc) is 2.38. The molecule has 0 aliphatic carbocycles. The number of rotatable bonds is 3. The summed E-state index contributed by atoms with van der Waals surface area (Å²) in [5.74, 6) is -0.845. The molecule has 2 N–H and O–H groups in total. The van der Waals surface area contributed by atoms with E-state index in [2.05, 4.69) is 15.9 Å². The van der Waals surface area contributed by atoms with Gasteiger partial charge in [0.15, 0.2) is 0 Å². The minimum Gasteiger partial charge on any atom is -0.457 e. The third-order valence-corrected chi connectivity index (χ3v) is 3.26. The quantitative estimate of drug-likeness (QED) is 0.683. The highest BCUT2D eigenvalue weighted by atomic mass is 79.9. The summed E-state index contributed by atoms with van der Waals surface area (Å²) in [6.45, 7) is 1.83. The van der Waals surface area contributed by atoms with Crippen molar-refractivity contribution in [3.63, 3.8) is 0 Å². The largest absolute Gasteiger partial charge is 0.457 e. The zero-order valence-electron chi connectivity index (χ0n) is 10.8. The lowest BCUT2D eigenvalue weighted by Crippen LogP contribution is -2.06. The van der Waals surface area contributed by atoms with Crippen LogP contribution in [-0.4, -0.2) is 5.97 Å². The van der Waals surface area contributed by atoms with Crippen LogP contribution < -0.4 is 5.73 Å². The number of carbonyl (C=O) groups is 1. The molecule has 0 aromatic heterocycles. The van der Waals surface area contributed by atoms with E-state index in [-0.39, 0.29) is 12.4 Å². The number of carbonyl (C=O) groups excluding carboxylic acids is 1. The molecule has 2 aromatic rings. The molecule has 5 heteroatoms. The molecule has 20 heavy (non-hydrogen) atoms. The first-order chi connectivity index (χ1) is 9.45. The van der Waals surface area contributed by atoms with Crippen LogP contribution in [0.15, 0.2) is 40.9 Å². The van der Waals surface area contributed by atoms with Crippen molar-refractivity contribution in [3.05, 3.63) is 63.4 Å². The van der Waals surface area contributed by atoms with E-state index in [1.54, 1.807) is 24.3 Å². The Morgan fingerprint density at radius 2 is 2.05 bits per heavy atom. The van der Waals surface area contributed by atoms with Gasteiger partial charge in [0.2, 0.25) is 0 Å². The van der Waals surface area contributed by atoms with Gasteiger partial charge in [0.05, 0.1) is 5.56 Å². The van der Waals surface area contributed by atoms with Gasteiger partial charge in [0.1, 0.15) is 12.4 Å². The van der Waals surface area contributed by atoms with Crippen LogP contribution in [0, 0.1) is 12.7 Å². The van der Waals surface area contributed by atoms with Crippen LogP contribution in [-0.2, 0) is 11.3 Å². The number of halogens is 2. The summed E-state index contributed by atoms with van der Waals surface area (Å²) in [6.07, 6.45) is 0. The molecular weight excluding hydrogens is 325 g/mol. The summed E-state index contributed by atoms with van der Waals surface area (Å²) in [5, 5.41) is 0. The maximum absolute atomic E-state index is 13.2. The summed E-state index contributed by atoms with van der Waals surface area (Å²) in [5.41, 5.74) is 8.13. The average molecular weight is 338 g/mol. The number of esters is 1. The number of nitrogen functional groups attached to an aromatic ring is 1. The Hall–Kier alpha value is -1.88. The van der Waals surface area contributed by atoms with E-state index in [0.29, 0.717) is 21.3 Å². The van der Waals surface area contributed by atoms with Gasteiger partial charge >= 0.3 is 5.97 Å². The highest BCUT2D eigenvalue weighted by molar-refractivity contribution is 9.10.